The Labute approximate surface area is 148 Å². The number of amides is 1. The number of methoxy groups -OCH3 is 3. The number of benzene rings is 1. The third-order valence-corrected chi connectivity index (χ3v) is 3.54. The lowest BCUT2D eigenvalue weighted by Crippen LogP contribution is -2.31. The zero-order valence-corrected chi connectivity index (χ0v) is 15.5. The highest BCUT2D eigenvalue weighted by Crippen LogP contribution is 2.32. The largest absolute Gasteiger partial charge is 0.511 e. The van der Waals surface area contributed by atoms with Crippen molar-refractivity contribution >= 4 is 28.2 Å². The van der Waals surface area contributed by atoms with Crippen LogP contribution in [0.15, 0.2) is 16.6 Å². The van der Waals surface area contributed by atoms with Crippen molar-refractivity contribution in [1.29, 1.82) is 0 Å². The fourth-order valence-corrected chi connectivity index (χ4v) is 2.30. The molecule has 0 spiro atoms. The van der Waals surface area contributed by atoms with Crippen molar-refractivity contribution < 1.29 is 33.3 Å². The molecule has 0 fully saturated rings. The maximum Gasteiger partial charge on any atom is 0.511 e. The number of carbonyl (C=O) groups is 2. The second-order valence-corrected chi connectivity index (χ2v) is 5.37. The molecular formula is C15H20BrNO7. The molecule has 1 atom stereocenters. The van der Waals surface area contributed by atoms with Gasteiger partial charge in [-0.1, -0.05) is 0 Å². The monoisotopic (exact) mass is 405 g/mol. The van der Waals surface area contributed by atoms with Crippen LogP contribution in [-0.4, -0.2) is 46.4 Å². The summed E-state index contributed by atoms with van der Waals surface area (Å²) < 4.78 is 25.1. The van der Waals surface area contributed by atoms with Gasteiger partial charge in [0.15, 0.2) is 0 Å². The van der Waals surface area contributed by atoms with Crippen molar-refractivity contribution in [1.82, 2.24) is 5.32 Å². The molecule has 1 aromatic carbocycles. The molecule has 0 aliphatic carbocycles. The van der Waals surface area contributed by atoms with Crippen LogP contribution in [0.2, 0.25) is 0 Å². The number of ether oxygens (including phenoxy) is 5. The molecule has 0 saturated heterocycles. The second kappa shape index (κ2) is 9.86. The molecule has 1 amide bonds. The molecule has 0 aliphatic heterocycles. The van der Waals surface area contributed by atoms with Crippen LogP contribution in [0.1, 0.15) is 12.5 Å². The van der Waals surface area contributed by atoms with E-state index in [0.717, 1.165) is 17.1 Å². The average Bonchev–Trinajstić information content (AvgIpc) is 2.55. The van der Waals surface area contributed by atoms with E-state index in [-0.39, 0.29) is 0 Å². The van der Waals surface area contributed by atoms with E-state index in [1.165, 1.54) is 6.92 Å². The molecular weight excluding hydrogens is 386 g/mol. The molecule has 0 saturated carbocycles. The molecule has 1 rings (SSSR count). The highest BCUT2D eigenvalue weighted by Gasteiger charge is 2.14. The first kappa shape index (κ1) is 19.9. The molecule has 0 heterocycles. The van der Waals surface area contributed by atoms with Crippen LogP contribution >= 0.6 is 15.9 Å². The maximum atomic E-state index is 11.6. The summed E-state index contributed by atoms with van der Waals surface area (Å²) in [6, 6.07) is 3.61. The Hall–Kier alpha value is -2.16. The van der Waals surface area contributed by atoms with Crippen LogP contribution in [0.4, 0.5) is 9.59 Å². The number of nitrogens with one attached hydrogen (secondary N) is 1. The summed E-state index contributed by atoms with van der Waals surface area (Å²) >= 11 is 3.38. The maximum absolute atomic E-state index is 11.6. The summed E-state index contributed by atoms with van der Waals surface area (Å²) in [4.78, 5) is 22.5. The van der Waals surface area contributed by atoms with Gasteiger partial charge in [0.2, 0.25) is 6.29 Å². The normalized spacial score (nSPS) is 11.2. The average molecular weight is 406 g/mol. The van der Waals surface area contributed by atoms with Gasteiger partial charge in [-0.3, -0.25) is 0 Å². The Balaban J connectivity index is 2.52. The summed E-state index contributed by atoms with van der Waals surface area (Å²) in [5.41, 5.74) is 0.858. The Morgan fingerprint density at radius 2 is 1.79 bits per heavy atom. The first-order valence-corrected chi connectivity index (χ1v) is 7.80. The van der Waals surface area contributed by atoms with Gasteiger partial charge in [-0.2, -0.15) is 0 Å². The number of alkyl carbamates (subject to hydrolysis) is 1. The summed E-state index contributed by atoms with van der Waals surface area (Å²) in [6.45, 7) is 1.70. The molecule has 24 heavy (non-hydrogen) atoms. The van der Waals surface area contributed by atoms with E-state index in [1.54, 1.807) is 20.3 Å². The highest BCUT2D eigenvalue weighted by molar-refractivity contribution is 9.10. The lowest BCUT2D eigenvalue weighted by molar-refractivity contribution is -0.0699. The van der Waals surface area contributed by atoms with Crippen molar-refractivity contribution in [3.63, 3.8) is 0 Å². The minimum atomic E-state index is -1.06. The number of rotatable bonds is 7. The van der Waals surface area contributed by atoms with Crippen molar-refractivity contribution in [3.05, 3.63) is 22.2 Å². The molecule has 0 aliphatic rings. The van der Waals surface area contributed by atoms with Crippen molar-refractivity contribution in [2.24, 2.45) is 0 Å². The molecule has 0 radical (unpaired) electrons. The number of carbonyl (C=O) groups excluding carboxylic acids is 2. The first-order chi connectivity index (χ1) is 11.4. The van der Waals surface area contributed by atoms with E-state index in [4.69, 9.17) is 14.2 Å². The third-order valence-electron chi connectivity index (χ3n) is 2.92. The summed E-state index contributed by atoms with van der Waals surface area (Å²) in [7, 11) is 4.29. The molecule has 1 N–H and O–H groups in total. The minimum Gasteiger partial charge on any atom is -0.496 e. The fourth-order valence-electron chi connectivity index (χ4n) is 1.82. The predicted molar refractivity (Wildman–Crippen MR) is 88.4 cm³/mol. The van der Waals surface area contributed by atoms with Gasteiger partial charge in [0.1, 0.15) is 11.5 Å². The van der Waals surface area contributed by atoms with E-state index >= 15 is 0 Å². The molecule has 134 valence electrons. The summed E-state index contributed by atoms with van der Waals surface area (Å²) in [5, 5.41) is 2.56. The topological polar surface area (TPSA) is 92.3 Å². The van der Waals surface area contributed by atoms with Crippen LogP contribution in [0.5, 0.6) is 11.5 Å². The molecule has 0 bridgehead atoms. The Morgan fingerprint density at radius 3 is 2.38 bits per heavy atom. The van der Waals surface area contributed by atoms with Gasteiger partial charge in [0.25, 0.3) is 0 Å². The second-order valence-electron chi connectivity index (χ2n) is 4.52. The van der Waals surface area contributed by atoms with Crippen molar-refractivity contribution in [2.45, 2.75) is 19.6 Å². The van der Waals surface area contributed by atoms with Gasteiger partial charge >= 0.3 is 12.2 Å². The summed E-state index contributed by atoms with van der Waals surface area (Å²) in [6.07, 6.45) is -2.20. The molecule has 9 heteroatoms. The number of hydrogen-bond donors (Lipinski definition) is 1. The molecule has 1 unspecified atom stereocenters. The predicted octanol–water partition coefficient (Wildman–Crippen LogP) is 2.86. The zero-order chi connectivity index (χ0) is 18.1. The van der Waals surface area contributed by atoms with Crippen LogP contribution in [0.3, 0.4) is 0 Å². The van der Waals surface area contributed by atoms with Crippen LogP contribution in [0.25, 0.3) is 0 Å². The van der Waals surface area contributed by atoms with Crippen LogP contribution in [0, 0.1) is 0 Å². The van der Waals surface area contributed by atoms with Crippen LogP contribution < -0.4 is 14.8 Å². The standard InChI is InChI=1S/C15H20BrNO7/c1-9(24-15(19)22-4)23-14(18)17-6-5-10-7-13(21-3)11(16)8-12(10)20-2/h7-9H,5-6H2,1-4H3,(H,17,18). The highest BCUT2D eigenvalue weighted by atomic mass is 79.9. The van der Waals surface area contributed by atoms with E-state index in [0.29, 0.717) is 24.5 Å². The zero-order valence-electron chi connectivity index (χ0n) is 13.9. The smallest absolute Gasteiger partial charge is 0.496 e. The van der Waals surface area contributed by atoms with Crippen molar-refractivity contribution in [3.8, 4) is 11.5 Å². The van der Waals surface area contributed by atoms with E-state index in [9.17, 15) is 9.59 Å². The quantitative estimate of drug-likeness (QED) is 0.550. The van der Waals surface area contributed by atoms with Gasteiger partial charge in [0, 0.05) is 13.5 Å². The Morgan fingerprint density at radius 1 is 1.12 bits per heavy atom. The number of halogens is 1. The molecule has 1 aromatic rings. The van der Waals surface area contributed by atoms with E-state index in [2.05, 4.69) is 30.7 Å². The summed E-state index contributed by atoms with van der Waals surface area (Å²) in [5.74, 6) is 1.33. The first-order valence-electron chi connectivity index (χ1n) is 7.00. The van der Waals surface area contributed by atoms with Gasteiger partial charge in [-0.25, -0.2) is 9.59 Å². The molecule has 0 aromatic heterocycles. The van der Waals surface area contributed by atoms with Crippen molar-refractivity contribution in [2.75, 3.05) is 27.9 Å². The van der Waals surface area contributed by atoms with Gasteiger partial charge < -0.3 is 29.0 Å². The third kappa shape index (κ3) is 6.15. The van der Waals surface area contributed by atoms with Crippen LogP contribution in [-0.2, 0) is 20.6 Å². The lowest BCUT2D eigenvalue weighted by Gasteiger charge is -2.15. The van der Waals surface area contributed by atoms with E-state index < -0.39 is 18.5 Å². The minimum absolute atomic E-state index is 0.297. The van der Waals surface area contributed by atoms with Gasteiger partial charge in [-0.05, 0) is 40.0 Å². The number of hydrogen-bond acceptors (Lipinski definition) is 7. The van der Waals surface area contributed by atoms with E-state index in [1.807, 2.05) is 6.07 Å². The Bertz CT molecular complexity index is 579. The van der Waals surface area contributed by atoms with Gasteiger partial charge in [0.05, 0.1) is 25.8 Å². The SMILES string of the molecule is COC(=O)OC(C)OC(=O)NCCc1cc(OC)c(Br)cc1OC. The molecule has 8 nitrogen and oxygen atoms in total. The lowest BCUT2D eigenvalue weighted by atomic mass is 10.1. The van der Waals surface area contributed by atoms with Gasteiger partial charge in [-0.15, -0.1) is 0 Å². The fraction of sp³-hybridized carbons (Fsp3) is 0.467. The Kier molecular flexibility index (Phi) is 8.17.